The van der Waals surface area contributed by atoms with E-state index in [0.717, 1.165) is 18.0 Å². The van der Waals surface area contributed by atoms with Gasteiger partial charge in [-0.2, -0.15) is 18.2 Å². The number of pyridine rings is 1. The Labute approximate surface area is 170 Å². The zero-order valence-electron chi connectivity index (χ0n) is 16.3. The molecule has 0 saturated carbocycles. The van der Waals surface area contributed by atoms with Crippen LogP contribution in [0.2, 0.25) is 0 Å². The van der Waals surface area contributed by atoms with E-state index >= 15 is 0 Å². The number of carbonyl (C=O) groups excluding carboxylic acids is 1. The first kappa shape index (κ1) is 21.3. The Morgan fingerprint density at radius 2 is 1.97 bits per heavy atom. The minimum Gasteiger partial charge on any atom is -0.365 e. The van der Waals surface area contributed by atoms with Crippen molar-refractivity contribution in [1.82, 2.24) is 20.4 Å². The maximum Gasteiger partial charge on any atom is 0.433 e. The predicted molar refractivity (Wildman–Crippen MR) is 103 cm³/mol. The second-order valence-corrected chi connectivity index (χ2v) is 6.60. The minimum absolute atomic E-state index is 0.00741. The van der Waals surface area contributed by atoms with E-state index in [1.165, 1.54) is 6.07 Å². The third-order valence-corrected chi connectivity index (χ3v) is 4.37. The molecule has 0 aliphatic heterocycles. The first-order chi connectivity index (χ1) is 14.3. The number of rotatable bonds is 7. The number of nitrogens with zero attached hydrogens (tertiary/aromatic N) is 4. The van der Waals surface area contributed by atoms with Crippen LogP contribution in [0.1, 0.15) is 31.0 Å². The van der Waals surface area contributed by atoms with Crippen molar-refractivity contribution in [3.8, 4) is 11.4 Å². The van der Waals surface area contributed by atoms with Crippen LogP contribution in [0, 0.1) is 0 Å². The lowest BCUT2D eigenvalue weighted by atomic mass is 10.2. The van der Waals surface area contributed by atoms with Crippen LogP contribution in [0.5, 0.6) is 0 Å². The second kappa shape index (κ2) is 8.93. The van der Waals surface area contributed by atoms with E-state index in [0.29, 0.717) is 6.42 Å². The van der Waals surface area contributed by atoms with Crippen LogP contribution in [-0.2, 0) is 11.0 Å². The van der Waals surface area contributed by atoms with E-state index in [-0.39, 0.29) is 29.7 Å². The summed E-state index contributed by atoms with van der Waals surface area (Å²) in [6.07, 6.45) is -3.08. The summed E-state index contributed by atoms with van der Waals surface area (Å²) in [7, 11) is 1.79. The molecule has 0 aliphatic carbocycles. The van der Waals surface area contributed by atoms with Crippen molar-refractivity contribution in [3.05, 3.63) is 60.2 Å². The molecule has 0 spiro atoms. The van der Waals surface area contributed by atoms with Crippen molar-refractivity contribution >= 4 is 11.6 Å². The summed E-state index contributed by atoms with van der Waals surface area (Å²) in [5.41, 5.74) is -0.0353. The number of halogens is 3. The van der Waals surface area contributed by atoms with Crippen molar-refractivity contribution in [1.29, 1.82) is 0 Å². The lowest BCUT2D eigenvalue weighted by Gasteiger charge is -2.20. The van der Waals surface area contributed by atoms with E-state index in [2.05, 4.69) is 20.4 Å². The van der Waals surface area contributed by atoms with Gasteiger partial charge in [-0.3, -0.25) is 9.78 Å². The fourth-order valence-electron chi connectivity index (χ4n) is 2.79. The van der Waals surface area contributed by atoms with E-state index < -0.39 is 17.9 Å². The van der Waals surface area contributed by atoms with Gasteiger partial charge in [0.1, 0.15) is 11.7 Å². The second-order valence-electron chi connectivity index (χ2n) is 6.60. The molecule has 0 saturated heterocycles. The molecule has 10 heteroatoms. The summed E-state index contributed by atoms with van der Waals surface area (Å²) in [6.45, 7) is 1.94. The SMILES string of the molecule is CC[C@H](NC(=O)CN(C)c1ccccc1)c1nc(-c2ccnc(C(F)(F)F)c2)no1. The molecule has 1 atom stereocenters. The van der Waals surface area contributed by atoms with Crippen LogP contribution in [-0.4, -0.2) is 34.6 Å². The molecular weight excluding hydrogens is 399 g/mol. The summed E-state index contributed by atoms with van der Waals surface area (Å²) >= 11 is 0. The number of hydrogen-bond acceptors (Lipinski definition) is 6. The molecule has 0 radical (unpaired) electrons. The molecule has 2 aromatic heterocycles. The molecule has 1 aromatic carbocycles. The van der Waals surface area contributed by atoms with E-state index in [1.807, 2.05) is 37.3 Å². The van der Waals surface area contributed by atoms with Gasteiger partial charge in [0.2, 0.25) is 17.6 Å². The molecule has 158 valence electrons. The average Bonchev–Trinajstić information content (AvgIpc) is 3.22. The number of hydrogen-bond donors (Lipinski definition) is 1. The van der Waals surface area contributed by atoms with E-state index in [9.17, 15) is 18.0 Å². The number of nitrogens with one attached hydrogen (secondary N) is 1. The van der Waals surface area contributed by atoms with Gasteiger partial charge in [0.15, 0.2) is 0 Å². The number of carbonyl (C=O) groups is 1. The molecule has 0 unspecified atom stereocenters. The van der Waals surface area contributed by atoms with Crippen LogP contribution in [0.4, 0.5) is 18.9 Å². The third-order valence-electron chi connectivity index (χ3n) is 4.37. The number of aromatic nitrogens is 3. The molecule has 1 N–H and O–H groups in total. The maximum absolute atomic E-state index is 12.9. The summed E-state index contributed by atoms with van der Waals surface area (Å²) in [6, 6.07) is 11.1. The fourth-order valence-corrected chi connectivity index (χ4v) is 2.79. The largest absolute Gasteiger partial charge is 0.433 e. The van der Waals surface area contributed by atoms with E-state index in [4.69, 9.17) is 4.52 Å². The zero-order chi connectivity index (χ0) is 21.7. The molecular formula is C20H20F3N5O2. The number of alkyl halides is 3. The van der Waals surface area contributed by atoms with Gasteiger partial charge in [-0.25, -0.2) is 0 Å². The van der Waals surface area contributed by atoms with Crippen molar-refractivity contribution in [2.45, 2.75) is 25.6 Å². The first-order valence-electron chi connectivity index (χ1n) is 9.20. The van der Waals surface area contributed by atoms with Gasteiger partial charge < -0.3 is 14.7 Å². The predicted octanol–water partition coefficient (Wildman–Crippen LogP) is 3.85. The van der Waals surface area contributed by atoms with Gasteiger partial charge in [-0.05, 0) is 30.7 Å². The number of benzene rings is 1. The smallest absolute Gasteiger partial charge is 0.365 e. The highest BCUT2D eigenvalue weighted by Gasteiger charge is 2.33. The van der Waals surface area contributed by atoms with Crippen molar-refractivity contribution in [3.63, 3.8) is 0 Å². The number of amides is 1. The lowest BCUT2D eigenvalue weighted by molar-refractivity contribution is -0.141. The van der Waals surface area contributed by atoms with Crippen molar-refractivity contribution in [2.24, 2.45) is 0 Å². The molecule has 0 aliphatic rings. The van der Waals surface area contributed by atoms with Crippen LogP contribution in [0.3, 0.4) is 0 Å². The van der Waals surface area contributed by atoms with Gasteiger partial charge in [-0.1, -0.05) is 30.3 Å². The van der Waals surface area contributed by atoms with Gasteiger partial charge in [-0.15, -0.1) is 0 Å². The Balaban J connectivity index is 1.69. The van der Waals surface area contributed by atoms with Crippen molar-refractivity contribution < 1.29 is 22.5 Å². The number of likely N-dealkylation sites (N-methyl/N-ethyl adjacent to an activating group) is 1. The highest BCUT2D eigenvalue weighted by Crippen LogP contribution is 2.30. The maximum atomic E-state index is 12.9. The summed E-state index contributed by atoms with van der Waals surface area (Å²) in [5, 5.41) is 6.57. The summed E-state index contributed by atoms with van der Waals surface area (Å²) in [5.74, 6) is -0.142. The molecule has 0 fully saturated rings. The minimum atomic E-state index is -4.58. The quantitative estimate of drug-likeness (QED) is 0.626. The van der Waals surface area contributed by atoms with Crippen molar-refractivity contribution in [2.75, 3.05) is 18.5 Å². The molecule has 3 aromatic rings. The highest BCUT2D eigenvalue weighted by atomic mass is 19.4. The van der Waals surface area contributed by atoms with Crippen LogP contribution < -0.4 is 10.2 Å². The Hall–Kier alpha value is -3.43. The molecule has 30 heavy (non-hydrogen) atoms. The van der Waals surface area contributed by atoms with Gasteiger partial charge >= 0.3 is 6.18 Å². The van der Waals surface area contributed by atoms with Crippen LogP contribution in [0.25, 0.3) is 11.4 Å². The zero-order valence-corrected chi connectivity index (χ0v) is 16.3. The Kier molecular flexibility index (Phi) is 6.34. The standard InChI is InChI=1S/C20H20F3N5O2/c1-3-15(25-17(29)12-28(2)14-7-5-4-6-8-14)19-26-18(27-30-19)13-9-10-24-16(11-13)20(21,22)23/h4-11,15H,3,12H2,1-2H3,(H,25,29)/t15-/m0/s1. The summed E-state index contributed by atoms with van der Waals surface area (Å²) < 4.78 is 43.8. The molecule has 7 nitrogen and oxygen atoms in total. The lowest BCUT2D eigenvalue weighted by Crippen LogP contribution is -2.37. The normalized spacial score (nSPS) is 12.4. The number of anilines is 1. The fraction of sp³-hybridized carbons (Fsp3) is 0.300. The number of para-hydroxylation sites is 1. The van der Waals surface area contributed by atoms with Gasteiger partial charge in [0.25, 0.3) is 0 Å². The summed E-state index contributed by atoms with van der Waals surface area (Å²) in [4.78, 5) is 21.7. The Bertz CT molecular complexity index is 991. The van der Waals surface area contributed by atoms with Crippen LogP contribution >= 0.6 is 0 Å². The van der Waals surface area contributed by atoms with E-state index in [1.54, 1.807) is 11.9 Å². The highest BCUT2D eigenvalue weighted by molar-refractivity contribution is 5.81. The Morgan fingerprint density at radius 3 is 2.63 bits per heavy atom. The monoisotopic (exact) mass is 419 g/mol. The topological polar surface area (TPSA) is 84.2 Å². The third kappa shape index (κ3) is 5.13. The van der Waals surface area contributed by atoms with Gasteiger partial charge in [0, 0.05) is 24.5 Å². The molecule has 0 bridgehead atoms. The molecule has 3 rings (SSSR count). The van der Waals surface area contributed by atoms with Gasteiger partial charge in [0.05, 0.1) is 6.54 Å². The molecule has 2 heterocycles. The Morgan fingerprint density at radius 1 is 1.23 bits per heavy atom. The van der Waals surface area contributed by atoms with Crippen LogP contribution in [0.15, 0.2) is 53.2 Å². The molecule has 1 amide bonds. The average molecular weight is 419 g/mol. The first-order valence-corrected chi connectivity index (χ1v) is 9.20.